The van der Waals surface area contributed by atoms with Gasteiger partial charge in [-0.1, -0.05) is 31.5 Å². The normalized spacial score (nSPS) is 11.2. The maximum atomic E-state index is 12.0. The van der Waals surface area contributed by atoms with Crippen molar-refractivity contribution in [3.8, 4) is 6.07 Å². The van der Waals surface area contributed by atoms with E-state index in [0.717, 1.165) is 6.42 Å². The standard InChI is InChI=1S/C14H17N3O2/c1-2-6-12(14(19)16-10-9-15)17-13(18)11-7-4-3-5-8-11/h3-5,7-8,12H,2,6,10H2,1H3,(H,16,19)(H,17,18). The number of hydrogen-bond acceptors (Lipinski definition) is 3. The molecule has 1 rings (SSSR count). The van der Waals surface area contributed by atoms with Gasteiger partial charge in [0.2, 0.25) is 5.91 Å². The average Bonchev–Trinajstić information content (AvgIpc) is 2.45. The maximum Gasteiger partial charge on any atom is 0.251 e. The van der Waals surface area contributed by atoms with Gasteiger partial charge >= 0.3 is 0 Å². The second kappa shape index (κ2) is 7.88. The van der Waals surface area contributed by atoms with Gasteiger partial charge in [-0.3, -0.25) is 9.59 Å². The molecule has 0 saturated heterocycles. The summed E-state index contributed by atoms with van der Waals surface area (Å²) in [6.45, 7) is 1.87. The van der Waals surface area contributed by atoms with Gasteiger partial charge in [0.05, 0.1) is 6.07 Å². The Morgan fingerprint density at radius 1 is 1.32 bits per heavy atom. The number of rotatable bonds is 6. The summed E-state index contributed by atoms with van der Waals surface area (Å²) < 4.78 is 0. The van der Waals surface area contributed by atoms with Gasteiger partial charge in [-0.15, -0.1) is 0 Å². The average molecular weight is 259 g/mol. The second-order valence-electron chi connectivity index (χ2n) is 4.06. The Kier molecular flexibility index (Phi) is 6.10. The van der Waals surface area contributed by atoms with E-state index in [1.807, 2.05) is 19.1 Å². The van der Waals surface area contributed by atoms with E-state index in [0.29, 0.717) is 12.0 Å². The van der Waals surface area contributed by atoms with Crippen LogP contribution in [0.5, 0.6) is 0 Å². The predicted octanol–water partition coefficient (Wildman–Crippen LogP) is 1.22. The molecule has 0 fully saturated rings. The minimum atomic E-state index is -0.606. The molecule has 5 heteroatoms. The van der Waals surface area contributed by atoms with Gasteiger partial charge in [0.15, 0.2) is 0 Å². The number of nitriles is 1. The van der Waals surface area contributed by atoms with Gasteiger partial charge in [-0.2, -0.15) is 5.26 Å². The molecule has 0 aliphatic carbocycles. The molecule has 0 heterocycles. The summed E-state index contributed by atoms with van der Waals surface area (Å²) in [6, 6.07) is 9.95. The van der Waals surface area contributed by atoms with Crippen LogP contribution in [0.3, 0.4) is 0 Å². The molecule has 0 radical (unpaired) electrons. The van der Waals surface area contributed by atoms with Crippen molar-refractivity contribution in [1.82, 2.24) is 10.6 Å². The van der Waals surface area contributed by atoms with Crippen molar-refractivity contribution in [1.29, 1.82) is 5.26 Å². The van der Waals surface area contributed by atoms with Crippen molar-refractivity contribution >= 4 is 11.8 Å². The van der Waals surface area contributed by atoms with Crippen LogP contribution >= 0.6 is 0 Å². The molecule has 1 aromatic carbocycles. The molecule has 0 spiro atoms. The first kappa shape index (κ1) is 14.7. The van der Waals surface area contributed by atoms with Crippen molar-refractivity contribution in [2.75, 3.05) is 6.54 Å². The number of carbonyl (C=O) groups excluding carboxylic acids is 2. The lowest BCUT2D eigenvalue weighted by Crippen LogP contribution is -2.46. The summed E-state index contributed by atoms with van der Waals surface area (Å²) in [4.78, 5) is 23.7. The van der Waals surface area contributed by atoms with Crippen molar-refractivity contribution in [3.63, 3.8) is 0 Å². The number of nitrogens with zero attached hydrogens (tertiary/aromatic N) is 1. The van der Waals surface area contributed by atoms with E-state index in [2.05, 4.69) is 10.6 Å². The lowest BCUT2D eigenvalue weighted by Gasteiger charge is -2.16. The van der Waals surface area contributed by atoms with Crippen LogP contribution in [-0.2, 0) is 4.79 Å². The van der Waals surface area contributed by atoms with E-state index < -0.39 is 6.04 Å². The Morgan fingerprint density at radius 3 is 2.58 bits per heavy atom. The molecule has 1 unspecified atom stereocenters. The van der Waals surface area contributed by atoms with E-state index in [1.165, 1.54) is 0 Å². The third-order valence-corrected chi connectivity index (χ3v) is 2.58. The fourth-order valence-electron chi connectivity index (χ4n) is 1.64. The summed E-state index contributed by atoms with van der Waals surface area (Å²) in [7, 11) is 0. The van der Waals surface area contributed by atoms with E-state index in [4.69, 9.17) is 5.26 Å². The van der Waals surface area contributed by atoms with Gasteiger partial charge in [-0.05, 0) is 18.6 Å². The molecule has 0 aliphatic heterocycles. The van der Waals surface area contributed by atoms with E-state index in [9.17, 15) is 9.59 Å². The monoisotopic (exact) mass is 259 g/mol. The SMILES string of the molecule is CCCC(NC(=O)c1ccccc1)C(=O)NCC#N. The van der Waals surface area contributed by atoms with Crippen LogP contribution in [0.4, 0.5) is 0 Å². The molecule has 2 amide bonds. The highest BCUT2D eigenvalue weighted by Gasteiger charge is 2.19. The molecule has 2 N–H and O–H groups in total. The quantitative estimate of drug-likeness (QED) is 0.754. The number of benzene rings is 1. The van der Waals surface area contributed by atoms with E-state index >= 15 is 0 Å². The summed E-state index contributed by atoms with van der Waals surface area (Å²) >= 11 is 0. The molecular formula is C14H17N3O2. The number of amides is 2. The fourth-order valence-corrected chi connectivity index (χ4v) is 1.64. The summed E-state index contributed by atoms with van der Waals surface area (Å²) in [5, 5.41) is 13.6. The van der Waals surface area contributed by atoms with Crippen LogP contribution in [-0.4, -0.2) is 24.4 Å². The largest absolute Gasteiger partial charge is 0.341 e. The van der Waals surface area contributed by atoms with Crippen LogP contribution in [0.2, 0.25) is 0 Å². The molecule has 0 aromatic heterocycles. The van der Waals surface area contributed by atoms with Crippen LogP contribution in [0, 0.1) is 11.3 Å². The Hall–Kier alpha value is -2.35. The summed E-state index contributed by atoms with van der Waals surface area (Å²) in [5.74, 6) is -0.612. The van der Waals surface area contributed by atoms with Gasteiger partial charge in [-0.25, -0.2) is 0 Å². The second-order valence-corrected chi connectivity index (χ2v) is 4.06. The van der Waals surface area contributed by atoms with Crippen LogP contribution in [0.25, 0.3) is 0 Å². The van der Waals surface area contributed by atoms with Crippen molar-refractivity contribution in [2.45, 2.75) is 25.8 Å². The van der Waals surface area contributed by atoms with Crippen LogP contribution < -0.4 is 10.6 Å². The Bertz CT molecular complexity index is 465. The predicted molar refractivity (Wildman–Crippen MR) is 71.2 cm³/mol. The maximum absolute atomic E-state index is 12.0. The first-order valence-electron chi connectivity index (χ1n) is 6.19. The third-order valence-electron chi connectivity index (χ3n) is 2.58. The number of carbonyl (C=O) groups is 2. The molecule has 19 heavy (non-hydrogen) atoms. The zero-order valence-corrected chi connectivity index (χ0v) is 10.8. The van der Waals surface area contributed by atoms with E-state index in [-0.39, 0.29) is 18.4 Å². The van der Waals surface area contributed by atoms with Crippen LogP contribution in [0.1, 0.15) is 30.1 Å². The molecule has 5 nitrogen and oxygen atoms in total. The smallest absolute Gasteiger partial charge is 0.251 e. The van der Waals surface area contributed by atoms with Crippen molar-refractivity contribution in [2.24, 2.45) is 0 Å². The van der Waals surface area contributed by atoms with E-state index in [1.54, 1.807) is 24.3 Å². The van der Waals surface area contributed by atoms with Crippen LogP contribution in [0.15, 0.2) is 30.3 Å². The highest BCUT2D eigenvalue weighted by atomic mass is 16.2. The molecule has 0 saturated carbocycles. The van der Waals surface area contributed by atoms with Gasteiger partial charge in [0.25, 0.3) is 5.91 Å². The molecule has 100 valence electrons. The van der Waals surface area contributed by atoms with Crippen molar-refractivity contribution < 1.29 is 9.59 Å². The number of nitrogens with one attached hydrogen (secondary N) is 2. The molecule has 1 atom stereocenters. The highest BCUT2D eigenvalue weighted by Crippen LogP contribution is 2.02. The topological polar surface area (TPSA) is 82.0 Å². The number of hydrogen-bond donors (Lipinski definition) is 2. The first-order valence-corrected chi connectivity index (χ1v) is 6.19. The zero-order valence-electron chi connectivity index (χ0n) is 10.8. The fraction of sp³-hybridized carbons (Fsp3) is 0.357. The van der Waals surface area contributed by atoms with Gasteiger partial charge < -0.3 is 10.6 Å². The molecule has 0 bridgehead atoms. The third kappa shape index (κ3) is 4.80. The first-order chi connectivity index (χ1) is 9.19. The molecule has 0 aliphatic rings. The minimum Gasteiger partial charge on any atom is -0.341 e. The Balaban J connectivity index is 2.65. The molecular weight excluding hydrogens is 242 g/mol. The summed E-state index contributed by atoms with van der Waals surface area (Å²) in [5.41, 5.74) is 0.511. The highest BCUT2D eigenvalue weighted by molar-refractivity contribution is 5.97. The molecule has 1 aromatic rings. The Morgan fingerprint density at radius 2 is 2.00 bits per heavy atom. The lowest BCUT2D eigenvalue weighted by atomic mass is 10.1. The van der Waals surface area contributed by atoms with Gasteiger partial charge in [0, 0.05) is 5.56 Å². The minimum absolute atomic E-state index is 0.0553. The van der Waals surface area contributed by atoms with Gasteiger partial charge in [0.1, 0.15) is 12.6 Å². The Labute approximate surface area is 112 Å². The summed E-state index contributed by atoms with van der Waals surface area (Å²) in [6.07, 6.45) is 1.30. The van der Waals surface area contributed by atoms with Crippen molar-refractivity contribution in [3.05, 3.63) is 35.9 Å². The zero-order chi connectivity index (χ0) is 14.1. The lowest BCUT2D eigenvalue weighted by molar-refractivity contribution is -0.122.